The van der Waals surface area contributed by atoms with Gasteiger partial charge in [0.1, 0.15) is 13.1 Å². The van der Waals surface area contributed by atoms with Crippen LogP contribution < -0.4 is 11.0 Å². The minimum Gasteiger partial charge on any atom is -0.291 e. The second-order valence-electron chi connectivity index (χ2n) is 6.08. The zero-order chi connectivity index (χ0) is 22.1. The normalized spacial score (nSPS) is 15.3. The second-order valence-corrected chi connectivity index (χ2v) is 9.81. The summed E-state index contributed by atoms with van der Waals surface area (Å²) in [4.78, 5) is 24.3. The molecule has 1 heterocycles. The van der Waals surface area contributed by atoms with E-state index < -0.39 is 45.0 Å². The summed E-state index contributed by atoms with van der Waals surface area (Å²) in [6, 6.07) is 9.43. The van der Waals surface area contributed by atoms with Crippen molar-refractivity contribution in [2.24, 2.45) is 0 Å². The van der Waals surface area contributed by atoms with Crippen LogP contribution in [-0.2, 0) is 29.6 Å². The fourth-order valence-corrected chi connectivity index (χ4v) is 5.36. The first-order valence-electron chi connectivity index (χ1n) is 8.23. The van der Waals surface area contributed by atoms with E-state index in [-0.39, 0.29) is 21.2 Å². The molecule has 160 valence electrons. The quantitative estimate of drug-likeness (QED) is 0.434. The van der Waals surface area contributed by atoms with E-state index in [1.165, 1.54) is 24.3 Å². The SMILES string of the molecule is O=C1CN(S(=O)(=O)c2ccc(NO)cc2)C(=O)CN1S(=O)(=O)c1ccc(NO)cc1. The smallest absolute Gasteiger partial charge is 0.267 e. The summed E-state index contributed by atoms with van der Waals surface area (Å²) in [5, 5.41) is 17.6. The standard InChI is InChI=1S/C16H16N4O8S2/c21-15-10-20(30(27,28)14-7-3-12(18-24)4-8-14)16(22)9-19(15)29(25,26)13-5-1-11(17-23)2-6-13/h1-8,17-18,23-24H,9-10H2. The van der Waals surface area contributed by atoms with Crippen LogP contribution in [0, 0.1) is 0 Å². The number of hydrogen-bond acceptors (Lipinski definition) is 10. The highest BCUT2D eigenvalue weighted by molar-refractivity contribution is 7.90. The third kappa shape index (κ3) is 3.80. The second kappa shape index (κ2) is 7.91. The Labute approximate surface area is 171 Å². The van der Waals surface area contributed by atoms with Gasteiger partial charge in [-0.1, -0.05) is 0 Å². The highest BCUT2D eigenvalue weighted by atomic mass is 32.2. The molecule has 3 rings (SSSR count). The summed E-state index contributed by atoms with van der Waals surface area (Å²) in [6.07, 6.45) is 0. The Morgan fingerprint density at radius 1 is 0.633 bits per heavy atom. The monoisotopic (exact) mass is 456 g/mol. The van der Waals surface area contributed by atoms with E-state index >= 15 is 0 Å². The van der Waals surface area contributed by atoms with E-state index in [1.54, 1.807) is 0 Å². The molecule has 0 aliphatic carbocycles. The lowest BCUT2D eigenvalue weighted by atomic mass is 10.3. The van der Waals surface area contributed by atoms with E-state index in [1.807, 2.05) is 11.0 Å². The topological polar surface area (TPSA) is 173 Å². The van der Waals surface area contributed by atoms with Crippen molar-refractivity contribution < 1.29 is 36.8 Å². The lowest BCUT2D eigenvalue weighted by Gasteiger charge is -2.32. The van der Waals surface area contributed by atoms with Crippen LogP contribution in [0.15, 0.2) is 58.3 Å². The van der Waals surface area contributed by atoms with Crippen molar-refractivity contribution in [2.75, 3.05) is 24.0 Å². The van der Waals surface area contributed by atoms with Crippen molar-refractivity contribution >= 4 is 43.2 Å². The number of rotatable bonds is 6. The first kappa shape index (κ1) is 21.5. The number of benzene rings is 2. The average molecular weight is 456 g/mol. The van der Waals surface area contributed by atoms with Gasteiger partial charge in [-0.15, -0.1) is 0 Å². The molecule has 0 bridgehead atoms. The number of carbonyl (C=O) groups excluding carboxylic acids is 2. The number of amides is 2. The Morgan fingerprint density at radius 3 is 1.20 bits per heavy atom. The van der Waals surface area contributed by atoms with Gasteiger partial charge in [0.15, 0.2) is 0 Å². The number of carbonyl (C=O) groups is 2. The van der Waals surface area contributed by atoms with E-state index in [2.05, 4.69) is 0 Å². The highest BCUT2D eigenvalue weighted by Crippen LogP contribution is 2.24. The van der Waals surface area contributed by atoms with Crippen LogP contribution in [0.3, 0.4) is 0 Å². The van der Waals surface area contributed by atoms with Crippen molar-refractivity contribution in [1.82, 2.24) is 8.61 Å². The third-order valence-corrected chi connectivity index (χ3v) is 7.82. The maximum atomic E-state index is 12.7. The predicted octanol–water partition coefficient (Wildman–Crippen LogP) is 0.0372. The molecule has 4 N–H and O–H groups in total. The highest BCUT2D eigenvalue weighted by Gasteiger charge is 2.43. The van der Waals surface area contributed by atoms with Gasteiger partial charge in [0, 0.05) is 0 Å². The molecule has 12 nitrogen and oxygen atoms in total. The number of piperazine rings is 1. The Morgan fingerprint density at radius 2 is 0.933 bits per heavy atom. The van der Waals surface area contributed by atoms with Crippen LogP contribution >= 0.6 is 0 Å². The minimum absolute atomic E-state index is 0.203. The van der Waals surface area contributed by atoms with E-state index in [4.69, 9.17) is 10.4 Å². The maximum Gasteiger partial charge on any atom is 0.267 e. The molecule has 14 heteroatoms. The van der Waals surface area contributed by atoms with Crippen molar-refractivity contribution in [3.8, 4) is 0 Å². The molecule has 1 aliphatic rings. The number of hydrogen-bond donors (Lipinski definition) is 4. The van der Waals surface area contributed by atoms with Gasteiger partial charge in [0.25, 0.3) is 31.9 Å². The molecule has 0 spiro atoms. The summed E-state index contributed by atoms with van der Waals surface area (Å²) in [6.45, 7) is -1.98. The Bertz CT molecular complexity index is 1080. The zero-order valence-corrected chi connectivity index (χ0v) is 16.7. The predicted molar refractivity (Wildman–Crippen MR) is 102 cm³/mol. The molecule has 1 saturated heterocycles. The van der Waals surface area contributed by atoms with Crippen LogP contribution in [0.2, 0.25) is 0 Å². The average Bonchev–Trinajstić information content (AvgIpc) is 2.74. The molecule has 2 aromatic rings. The summed E-state index contributed by atoms with van der Waals surface area (Å²) in [5.74, 6) is -2.20. The fraction of sp³-hybridized carbons (Fsp3) is 0.125. The van der Waals surface area contributed by atoms with Crippen LogP contribution in [0.25, 0.3) is 0 Å². The van der Waals surface area contributed by atoms with E-state index in [0.717, 1.165) is 24.3 Å². The fourth-order valence-electron chi connectivity index (χ4n) is 2.68. The van der Waals surface area contributed by atoms with Crippen LogP contribution in [0.5, 0.6) is 0 Å². The Kier molecular flexibility index (Phi) is 5.67. The van der Waals surface area contributed by atoms with Crippen LogP contribution in [-0.4, -0.2) is 60.8 Å². The first-order chi connectivity index (χ1) is 14.1. The third-order valence-electron chi connectivity index (χ3n) is 4.26. The lowest BCUT2D eigenvalue weighted by Crippen LogP contribution is -2.56. The van der Waals surface area contributed by atoms with Gasteiger partial charge in [-0.2, -0.15) is 0 Å². The van der Waals surface area contributed by atoms with Crippen molar-refractivity contribution in [2.45, 2.75) is 9.79 Å². The molecule has 2 aromatic carbocycles. The summed E-state index contributed by atoms with van der Waals surface area (Å²) in [7, 11) is -8.83. The molecular weight excluding hydrogens is 440 g/mol. The number of nitrogens with one attached hydrogen (secondary N) is 2. The van der Waals surface area contributed by atoms with Crippen molar-refractivity contribution in [3.63, 3.8) is 0 Å². The van der Waals surface area contributed by atoms with Crippen LogP contribution in [0.4, 0.5) is 11.4 Å². The van der Waals surface area contributed by atoms with Gasteiger partial charge in [0.05, 0.1) is 21.2 Å². The number of sulfonamides is 2. The van der Waals surface area contributed by atoms with Crippen molar-refractivity contribution in [3.05, 3.63) is 48.5 Å². The molecule has 0 atom stereocenters. The summed E-state index contributed by atoms with van der Waals surface area (Å²) >= 11 is 0. The van der Waals surface area contributed by atoms with Gasteiger partial charge in [0.2, 0.25) is 0 Å². The van der Waals surface area contributed by atoms with Gasteiger partial charge in [-0.05, 0) is 48.5 Å². The molecule has 30 heavy (non-hydrogen) atoms. The summed E-state index contributed by atoms with van der Waals surface area (Å²) < 4.78 is 51.5. The van der Waals surface area contributed by atoms with Crippen molar-refractivity contribution in [1.29, 1.82) is 0 Å². The van der Waals surface area contributed by atoms with Gasteiger partial charge >= 0.3 is 0 Å². The molecular formula is C16H16N4O8S2. The van der Waals surface area contributed by atoms with Gasteiger partial charge in [-0.25, -0.2) is 25.4 Å². The first-order valence-corrected chi connectivity index (χ1v) is 11.1. The molecule has 0 radical (unpaired) electrons. The van der Waals surface area contributed by atoms with Gasteiger partial charge in [-0.3, -0.25) is 31.0 Å². The maximum absolute atomic E-state index is 12.7. The molecule has 0 unspecified atom stereocenters. The minimum atomic E-state index is -4.42. The molecule has 1 aliphatic heterocycles. The Balaban J connectivity index is 1.87. The molecule has 0 aromatic heterocycles. The largest absolute Gasteiger partial charge is 0.291 e. The van der Waals surface area contributed by atoms with E-state index in [9.17, 15) is 26.4 Å². The number of nitrogens with zero attached hydrogens (tertiary/aromatic N) is 2. The number of anilines is 2. The molecule has 1 fully saturated rings. The summed E-state index contributed by atoms with van der Waals surface area (Å²) in [5.41, 5.74) is 4.06. The van der Waals surface area contributed by atoms with Gasteiger partial charge < -0.3 is 0 Å². The lowest BCUT2D eigenvalue weighted by molar-refractivity contribution is -0.141. The zero-order valence-electron chi connectivity index (χ0n) is 15.1. The van der Waals surface area contributed by atoms with E-state index in [0.29, 0.717) is 8.61 Å². The van der Waals surface area contributed by atoms with Crippen LogP contribution in [0.1, 0.15) is 0 Å². The molecule has 0 saturated carbocycles. The molecule has 2 amide bonds. The Hall–Kier alpha value is -3.20.